The molecule has 10 heteroatoms. The van der Waals surface area contributed by atoms with Gasteiger partial charge in [-0.1, -0.05) is 49.7 Å². The third-order valence-corrected chi connectivity index (χ3v) is 9.61. The van der Waals surface area contributed by atoms with Gasteiger partial charge in [-0.15, -0.1) is 0 Å². The maximum absolute atomic E-state index is 9.32. The summed E-state index contributed by atoms with van der Waals surface area (Å²) in [6.45, 7) is 13.6. The zero-order chi connectivity index (χ0) is 35.0. The lowest BCUT2D eigenvalue weighted by Gasteiger charge is -2.33. The molecule has 0 radical (unpaired) electrons. The molecule has 0 amide bonds. The molecule has 3 aromatic carbocycles. The van der Waals surface area contributed by atoms with Crippen LogP contribution in [0.2, 0.25) is 5.02 Å². The van der Waals surface area contributed by atoms with Gasteiger partial charge in [0, 0.05) is 62.3 Å². The highest BCUT2D eigenvalue weighted by molar-refractivity contribution is 6.32. The highest BCUT2D eigenvalue weighted by Gasteiger charge is 2.18. The van der Waals surface area contributed by atoms with E-state index in [1.807, 2.05) is 24.4 Å². The van der Waals surface area contributed by atoms with E-state index in [0.717, 1.165) is 95.9 Å². The molecule has 0 N–H and O–H groups in total. The van der Waals surface area contributed by atoms with Crippen LogP contribution in [0.15, 0.2) is 73.2 Å². The summed E-state index contributed by atoms with van der Waals surface area (Å²) in [5.74, 6) is 2.17. The predicted molar refractivity (Wildman–Crippen MR) is 200 cm³/mol. The largest absolute Gasteiger partial charge is 0.488 e. The summed E-state index contributed by atoms with van der Waals surface area (Å²) in [5.41, 5.74) is 8.45. The van der Waals surface area contributed by atoms with E-state index in [2.05, 4.69) is 83.9 Å². The van der Waals surface area contributed by atoms with E-state index < -0.39 is 0 Å². The van der Waals surface area contributed by atoms with Gasteiger partial charge in [-0.25, -0.2) is 4.98 Å². The number of halogens is 1. The van der Waals surface area contributed by atoms with Gasteiger partial charge in [-0.05, 0) is 80.0 Å². The summed E-state index contributed by atoms with van der Waals surface area (Å²) in [4.78, 5) is 20.9. The van der Waals surface area contributed by atoms with Crippen molar-refractivity contribution in [2.75, 3.05) is 51.2 Å². The van der Waals surface area contributed by atoms with E-state index in [4.69, 9.17) is 31.0 Å². The Balaban J connectivity index is 1.23. The predicted octanol–water partition coefficient (Wildman–Crippen LogP) is 7.67. The van der Waals surface area contributed by atoms with Crippen molar-refractivity contribution in [1.82, 2.24) is 24.8 Å². The number of piperazine rings is 1. The number of rotatable bonds is 13. The summed E-state index contributed by atoms with van der Waals surface area (Å²) < 4.78 is 12.8. The number of nitriles is 1. The van der Waals surface area contributed by atoms with Crippen LogP contribution < -0.4 is 14.4 Å². The lowest BCUT2D eigenvalue weighted by Crippen LogP contribution is -2.44. The number of anilines is 1. The number of hydrogen-bond acceptors (Lipinski definition) is 9. The molecule has 0 bridgehead atoms. The van der Waals surface area contributed by atoms with Gasteiger partial charge in [-0.2, -0.15) is 5.26 Å². The maximum Gasteiger partial charge on any atom is 0.147 e. The Bertz CT molecular complexity index is 1990. The summed E-state index contributed by atoms with van der Waals surface area (Å²) in [7, 11) is 2.15. The van der Waals surface area contributed by atoms with Gasteiger partial charge in [0.15, 0.2) is 0 Å². The Hall–Kier alpha value is -4.75. The summed E-state index contributed by atoms with van der Waals surface area (Å²) in [5, 5.41) is 9.85. The van der Waals surface area contributed by atoms with Gasteiger partial charge >= 0.3 is 0 Å². The van der Waals surface area contributed by atoms with Crippen LogP contribution >= 0.6 is 11.6 Å². The summed E-state index contributed by atoms with van der Waals surface area (Å²) >= 11 is 6.86. The van der Waals surface area contributed by atoms with Crippen LogP contribution in [0.4, 0.5) is 5.82 Å². The Morgan fingerprint density at radius 2 is 1.72 bits per heavy atom. The van der Waals surface area contributed by atoms with Crippen LogP contribution in [0.1, 0.15) is 48.1 Å². The van der Waals surface area contributed by atoms with Crippen molar-refractivity contribution < 1.29 is 9.47 Å². The van der Waals surface area contributed by atoms with E-state index >= 15 is 0 Å². The first kappa shape index (κ1) is 35.1. The zero-order valence-electron chi connectivity index (χ0n) is 29.3. The molecule has 0 atom stereocenters. The van der Waals surface area contributed by atoms with E-state index in [9.17, 15) is 5.26 Å². The number of ether oxygens (including phenoxy) is 2. The number of nitrogens with zero attached hydrogens (tertiary/aromatic N) is 7. The molecule has 1 saturated heterocycles. The van der Waals surface area contributed by atoms with Crippen molar-refractivity contribution in [3.63, 3.8) is 0 Å². The molecule has 0 saturated carbocycles. The third kappa shape index (κ3) is 8.33. The quantitative estimate of drug-likeness (QED) is 0.124. The Morgan fingerprint density at radius 3 is 2.50 bits per heavy atom. The molecule has 50 heavy (non-hydrogen) atoms. The average Bonchev–Trinajstić information content (AvgIpc) is 3.14. The molecule has 0 aliphatic carbocycles. The molecular weight excluding hydrogens is 646 g/mol. The molecule has 0 unspecified atom stereocenters. The Morgan fingerprint density at radius 1 is 0.900 bits per heavy atom. The Kier molecular flexibility index (Phi) is 11.4. The summed E-state index contributed by atoms with van der Waals surface area (Å²) in [6, 6.07) is 20.3. The van der Waals surface area contributed by atoms with Crippen molar-refractivity contribution in [2.24, 2.45) is 0 Å². The molecule has 2 aromatic heterocycles. The fourth-order valence-electron chi connectivity index (χ4n) is 6.30. The van der Waals surface area contributed by atoms with Crippen molar-refractivity contribution in [3.8, 4) is 28.7 Å². The van der Waals surface area contributed by atoms with Crippen LogP contribution in [-0.4, -0.2) is 71.1 Å². The molecule has 1 fully saturated rings. The average molecular weight is 690 g/mol. The van der Waals surface area contributed by atoms with Crippen molar-refractivity contribution in [2.45, 2.75) is 47.0 Å². The molecule has 3 heterocycles. The first-order valence-corrected chi connectivity index (χ1v) is 17.7. The van der Waals surface area contributed by atoms with Gasteiger partial charge in [0.25, 0.3) is 0 Å². The molecule has 1 aliphatic heterocycles. The first-order valence-electron chi connectivity index (χ1n) is 17.3. The molecule has 258 valence electrons. The number of benzene rings is 3. The SMILES string of the molecule is CCCN(CC)Cc1cc(Cl)c(OCc2cccc(-c3ccc4ncc(N5CCN(C)CC5)nc4c3)c2C)cc1OCc1cncc(C#N)c1. The number of pyridine rings is 1. The smallest absolute Gasteiger partial charge is 0.147 e. The van der Waals surface area contributed by atoms with Crippen LogP contribution in [0.5, 0.6) is 11.5 Å². The number of likely N-dealkylation sites (N-methyl/N-ethyl adjacent to an activating group) is 1. The van der Waals surface area contributed by atoms with E-state index in [0.29, 0.717) is 35.2 Å². The second-order valence-electron chi connectivity index (χ2n) is 12.8. The Labute approximate surface area is 300 Å². The molecule has 0 spiro atoms. The normalized spacial score (nSPS) is 13.5. The van der Waals surface area contributed by atoms with Crippen molar-refractivity contribution in [3.05, 3.63) is 106 Å². The first-order chi connectivity index (χ1) is 24.3. The number of hydrogen-bond donors (Lipinski definition) is 0. The minimum absolute atomic E-state index is 0.269. The number of fused-ring (bicyclic) bond motifs is 1. The highest BCUT2D eigenvalue weighted by atomic mass is 35.5. The monoisotopic (exact) mass is 689 g/mol. The maximum atomic E-state index is 9.32. The molecule has 1 aliphatic rings. The van der Waals surface area contributed by atoms with Gasteiger partial charge in [0.2, 0.25) is 0 Å². The van der Waals surface area contributed by atoms with Crippen LogP contribution in [0, 0.1) is 18.3 Å². The lowest BCUT2D eigenvalue weighted by atomic mass is 9.96. The second-order valence-corrected chi connectivity index (χ2v) is 13.2. The van der Waals surface area contributed by atoms with Crippen LogP contribution in [0.25, 0.3) is 22.2 Å². The van der Waals surface area contributed by atoms with E-state index in [-0.39, 0.29) is 6.61 Å². The molecule has 6 rings (SSSR count). The summed E-state index contributed by atoms with van der Waals surface area (Å²) in [6.07, 6.45) is 6.20. The van der Waals surface area contributed by atoms with Gasteiger partial charge < -0.3 is 19.3 Å². The molecular formula is C40H44ClN7O2. The van der Waals surface area contributed by atoms with Crippen molar-refractivity contribution >= 4 is 28.5 Å². The van der Waals surface area contributed by atoms with Gasteiger partial charge in [0.05, 0.1) is 27.8 Å². The third-order valence-electron chi connectivity index (χ3n) is 9.31. The van der Waals surface area contributed by atoms with E-state index in [1.165, 1.54) is 0 Å². The minimum Gasteiger partial charge on any atom is -0.488 e. The second kappa shape index (κ2) is 16.3. The topological polar surface area (TPSA) is 90.6 Å². The highest BCUT2D eigenvalue weighted by Crippen LogP contribution is 2.36. The van der Waals surface area contributed by atoms with Gasteiger partial charge in [0.1, 0.15) is 36.6 Å². The van der Waals surface area contributed by atoms with Crippen molar-refractivity contribution in [1.29, 1.82) is 5.26 Å². The fourth-order valence-corrected chi connectivity index (χ4v) is 6.55. The number of aromatic nitrogens is 3. The zero-order valence-corrected chi connectivity index (χ0v) is 30.1. The van der Waals surface area contributed by atoms with Gasteiger partial charge in [-0.3, -0.25) is 14.9 Å². The van der Waals surface area contributed by atoms with Crippen LogP contribution in [0.3, 0.4) is 0 Å². The van der Waals surface area contributed by atoms with Crippen LogP contribution in [-0.2, 0) is 19.8 Å². The molecule has 9 nitrogen and oxygen atoms in total. The fraction of sp³-hybridized carbons (Fsp3) is 0.350. The minimum atomic E-state index is 0.269. The lowest BCUT2D eigenvalue weighted by molar-refractivity contribution is 0.260. The molecule has 5 aromatic rings. The van der Waals surface area contributed by atoms with E-state index in [1.54, 1.807) is 18.5 Å². The standard InChI is InChI=1S/C40H44ClN7O2/c1-5-12-47(6-2)25-33-18-35(41)39(20-38(33)49-26-30-17-29(21-42)22-43-23-30)50-27-32-8-7-9-34(28(32)3)31-10-11-36-37(19-31)45-40(24-44-36)48-15-13-46(4)14-16-48/h7-11,17-20,22-24H,5-6,12-16,25-27H2,1-4H3.